The largest absolute Gasteiger partial charge is 0.493 e. The minimum atomic E-state index is -0.458. The predicted molar refractivity (Wildman–Crippen MR) is 101 cm³/mol. The molecule has 0 radical (unpaired) electrons. The second kappa shape index (κ2) is 9.44. The number of halogens is 1. The standard InChI is InChI=1S/C18H15BrN2O5/c1-3-7-25-18-10-16(19)14(9-17(18)24-2)11-20-26-12-13-5-4-6-15(8-13)21(22)23/h1,4-6,8-11H,7,12H2,2H3/b20-11-. The number of nitrogens with zero attached hydrogens (tertiary/aromatic N) is 2. The van der Waals surface area contributed by atoms with E-state index in [1.807, 2.05) is 0 Å². The third-order valence-corrected chi connectivity index (χ3v) is 3.90. The van der Waals surface area contributed by atoms with E-state index in [9.17, 15) is 10.1 Å². The van der Waals surface area contributed by atoms with Crippen LogP contribution in [-0.2, 0) is 11.4 Å². The summed E-state index contributed by atoms with van der Waals surface area (Å²) in [5.41, 5.74) is 1.35. The smallest absolute Gasteiger partial charge is 0.269 e. The zero-order chi connectivity index (χ0) is 18.9. The van der Waals surface area contributed by atoms with Gasteiger partial charge in [-0.3, -0.25) is 10.1 Å². The molecule has 26 heavy (non-hydrogen) atoms. The molecule has 7 nitrogen and oxygen atoms in total. The summed E-state index contributed by atoms with van der Waals surface area (Å²) in [6.07, 6.45) is 6.68. The molecule has 0 heterocycles. The molecule has 0 aliphatic rings. The van der Waals surface area contributed by atoms with Crippen LogP contribution < -0.4 is 9.47 Å². The summed E-state index contributed by atoms with van der Waals surface area (Å²) >= 11 is 3.42. The molecule has 0 N–H and O–H groups in total. The number of methoxy groups -OCH3 is 1. The van der Waals surface area contributed by atoms with E-state index in [-0.39, 0.29) is 18.9 Å². The highest BCUT2D eigenvalue weighted by molar-refractivity contribution is 9.10. The Morgan fingerprint density at radius 1 is 1.35 bits per heavy atom. The maximum absolute atomic E-state index is 10.8. The summed E-state index contributed by atoms with van der Waals surface area (Å²) in [6.45, 7) is 0.235. The fraction of sp³-hybridized carbons (Fsp3) is 0.167. The molecule has 0 unspecified atom stereocenters. The van der Waals surface area contributed by atoms with E-state index >= 15 is 0 Å². The molecule has 0 aliphatic heterocycles. The Balaban J connectivity index is 2.05. The molecule has 0 aromatic heterocycles. The Bertz CT molecular complexity index is 861. The number of rotatable bonds is 8. The molecule has 0 spiro atoms. The van der Waals surface area contributed by atoms with Crippen LogP contribution in [0.15, 0.2) is 46.0 Å². The van der Waals surface area contributed by atoms with Gasteiger partial charge in [-0.05, 0) is 33.6 Å². The van der Waals surface area contributed by atoms with Crippen molar-refractivity contribution in [3.8, 4) is 23.8 Å². The van der Waals surface area contributed by atoms with Gasteiger partial charge in [0.1, 0.15) is 13.2 Å². The van der Waals surface area contributed by atoms with Crippen molar-refractivity contribution in [1.29, 1.82) is 0 Å². The van der Waals surface area contributed by atoms with Gasteiger partial charge in [0, 0.05) is 22.2 Å². The molecule has 134 valence electrons. The zero-order valence-corrected chi connectivity index (χ0v) is 15.4. The van der Waals surface area contributed by atoms with E-state index in [2.05, 4.69) is 27.0 Å². The molecule has 0 bridgehead atoms. The first kappa shape index (κ1) is 19.3. The number of benzene rings is 2. The molecule has 0 fully saturated rings. The second-order valence-corrected chi connectivity index (χ2v) is 5.81. The number of nitro benzene ring substituents is 1. The summed E-state index contributed by atoms with van der Waals surface area (Å²) in [6, 6.07) is 9.61. The molecular weight excluding hydrogens is 404 g/mol. The number of ether oxygens (including phenoxy) is 2. The second-order valence-electron chi connectivity index (χ2n) is 4.95. The highest BCUT2D eigenvalue weighted by Gasteiger charge is 2.09. The minimum Gasteiger partial charge on any atom is -0.493 e. The van der Waals surface area contributed by atoms with Gasteiger partial charge in [0.05, 0.1) is 18.2 Å². The normalized spacial score (nSPS) is 10.3. The van der Waals surface area contributed by atoms with E-state index in [1.165, 1.54) is 25.5 Å². The molecule has 0 saturated heterocycles. The first-order valence-electron chi connectivity index (χ1n) is 7.37. The van der Waals surface area contributed by atoms with Gasteiger partial charge in [-0.1, -0.05) is 23.2 Å². The predicted octanol–water partition coefficient (Wildman–Crippen LogP) is 3.93. The monoisotopic (exact) mass is 418 g/mol. The van der Waals surface area contributed by atoms with Crippen molar-refractivity contribution in [2.24, 2.45) is 5.16 Å². The fourth-order valence-corrected chi connectivity index (χ4v) is 2.43. The summed E-state index contributed by atoms with van der Waals surface area (Å²) < 4.78 is 11.4. The molecule has 0 saturated carbocycles. The van der Waals surface area contributed by atoms with E-state index in [4.69, 9.17) is 20.7 Å². The summed E-state index contributed by atoms with van der Waals surface area (Å²) in [5, 5.41) is 14.6. The molecule has 2 rings (SSSR count). The van der Waals surface area contributed by atoms with Gasteiger partial charge in [-0.15, -0.1) is 6.42 Å². The van der Waals surface area contributed by atoms with Crippen LogP contribution in [0.1, 0.15) is 11.1 Å². The van der Waals surface area contributed by atoms with Gasteiger partial charge in [0.25, 0.3) is 5.69 Å². The lowest BCUT2D eigenvalue weighted by molar-refractivity contribution is -0.384. The van der Waals surface area contributed by atoms with Crippen molar-refractivity contribution in [3.05, 3.63) is 62.1 Å². The number of non-ortho nitro benzene ring substituents is 1. The number of oxime groups is 1. The number of hydrogen-bond acceptors (Lipinski definition) is 6. The van der Waals surface area contributed by atoms with E-state index in [1.54, 1.807) is 24.3 Å². The average molecular weight is 419 g/mol. The Hall–Kier alpha value is -3.05. The molecule has 2 aromatic rings. The Morgan fingerprint density at radius 2 is 2.15 bits per heavy atom. The fourth-order valence-electron chi connectivity index (χ4n) is 2.01. The Morgan fingerprint density at radius 3 is 2.85 bits per heavy atom. The third-order valence-electron chi connectivity index (χ3n) is 3.21. The van der Waals surface area contributed by atoms with Crippen LogP contribution in [0.5, 0.6) is 11.5 Å². The average Bonchev–Trinajstić information content (AvgIpc) is 2.64. The van der Waals surface area contributed by atoms with Crippen molar-refractivity contribution in [2.45, 2.75) is 6.61 Å². The van der Waals surface area contributed by atoms with Crippen LogP contribution in [0, 0.1) is 22.5 Å². The van der Waals surface area contributed by atoms with Crippen molar-refractivity contribution in [1.82, 2.24) is 0 Å². The third kappa shape index (κ3) is 5.22. The van der Waals surface area contributed by atoms with Crippen LogP contribution in [0.3, 0.4) is 0 Å². The zero-order valence-electron chi connectivity index (χ0n) is 13.8. The molecular formula is C18H15BrN2O5. The van der Waals surface area contributed by atoms with Crippen LogP contribution in [0.2, 0.25) is 0 Å². The lowest BCUT2D eigenvalue weighted by Crippen LogP contribution is -1.98. The van der Waals surface area contributed by atoms with Gasteiger partial charge >= 0.3 is 0 Å². The van der Waals surface area contributed by atoms with E-state index in [0.29, 0.717) is 27.1 Å². The van der Waals surface area contributed by atoms with Crippen molar-refractivity contribution in [2.75, 3.05) is 13.7 Å². The first-order valence-corrected chi connectivity index (χ1v) is 8.17. The van der Waals surface area contributed by atoms with Crippen molar-refractivity contribution < 1.29 is 19.2 Å². The first-order chi connectivity index (χ1) is 12.5. The van der Waals surface area contributed by atoms with Crippen LogP contribution in [0.4, 0.5) is 5.69 Å². The van der Waals surface area contributed by atoms with E-state index in [0.717, 1.165) is 0 Å². The van der Waals surface area contributed by atoms with Gasteiger partial charge < -0.3 is 14.3 Å². The van der Waals surface area contributed by atoms with Crippen LogP contribution >= 0.6 is 15.9 Å². The molecule has 0 aliphatic carbocycles. The van der Waals surface area contributed by atoms with Crippen LogP contribution in [0.25, 0.3) is 0 Å². The summed E-state index contributed by atoms with van der Waals surface area (Å²) in [5.74, 6) is 3.40. The Kier molecular flexibility index (Phi) is 7.00. The van der Waals surface area contributed by atoms with Gasteiger partial charge in [0.2, 0.25) is 0 Å². The summed E-state index contributed by atoms with van der Waals surface area (Å²) in [7, 11) is 1.52. The van der Waals surface area contributed by atoms with Crippen molar-refractivity contribution in [3.63, 3.8) is 0 Å². The van der Waals surface area contributed by atoms with Gasteiger partial charge in [-0.25, -0.2) is 0 Å². The van der Waals surface area contributed by atoms with Crippen molar-refractivity contribution >= 4 is 27.8 Å². The molecule has 8 heteroatoms. The number of hydrogen-bond donors (Lipinski definition) is 0. The highest BCUT2D eigenvalue weighted by atomic mass is 79.9. The molecule has 0 amide bonds. The van der Waals surface area contributed by atoms with Gasteiger partial charge in [0.15, 0.2) is 11.5 Å². The quantitative estimate of drug-likeness (QED) is 0.280. The lowest BCUT2D eigenvalue weighted by atomic mass is 10.2. The maximum atomic E-state index is 10.8. The summed E-state index contributed by atoms with van der Waals surface area (Å²) in [4.78, 5) is 15.5. The van der Waals surface area contributed by atoms with Crippen LogP contribution in [-0.4, -0.2) is 24.9 Å². The molecule has 2 aromatic carbocycles. The SMILES string of the molecule is C#CCOc1cc(Br)c(/C=N\OCc2cccc([N+](=O)[O-])c2)cc1OC. The lowest BCUT2D eigenvalue weighted by Gasteiger charge is -2.10. The minimum absolute atomic E-state index is 0.00474. The maximum Gasteiger partial charge on any atom is 0.269 e. The number of nitro groups is 1. The highest BCUT2D eigenvalue weighted by Crippen LogP contribution is 2.32. The number of terminal acetylenes is 1. The van der Waals surface area contributed by atoms with Gasteiger partial charge in [-0.2, -0.15) is 0 Å². The van der Waals surface area contributed by atoms with E-state index < -0.39 is 4.92 Å². The molecule has 0 atom stereocenters. The Labute approximate surface area is 158 Å². The topological polar surface area (TPSA) is 83.2 Å².